The number of carbonyl (C=O) groups excluding carboxylic acids is 2. The van der Waals surface area contributed by atoms with Gasteiger partial charge in [0.1, 0.15) is 0 Å². The van der Waals surface area contributed by atoms with Crippen LogP contribution >= 0.6 is 0 Å². The summed E-state index contributed by atoms with van der Waals surface area (Å²) in [6, 6.07) is 9.49. The molecule has 10 nitrogen and oxygen atoms in total. The lowest BCUT2D eigenvalue weighted by atomic mass is 9.78. The van der Waals surface area contributed by atoms with Crippen molar-refractivity contribution in [2.24, 2.45) is 11.5 Å². The van der Waals surface area contributed by atoms with Gasteiger partial charge in [0, 0.05) is 16.3 Å². The lowest BCUT2D eigenvalue weighted by Gasteiger charge is -2.25. The minimum atomic E-state index is -1.24. The molecule has 0 aliphatic rings. The van der Waals surface area contributed by atoms with E-state index in [4.69, 9.17) is 11.5 Å². The number of hydrogen-bond donors (Lipinski definition) is 4. The average molecular weight is 597 g/mol. The zero-order chi connectivity index (χ0) is 32.0. The molecule has 5 aromatic carbocycles. The molecule has 10 heteroatoms. The van der Waals surface area contributed by atoms with Gasteiger partial charge in [-0.1, -0.05) is 18.2 Å². The minimum absolute atomic E-state index is 0.120. The molecule has 0 fully saturated rings. The minimum Gasteiger partial charge on any atom is -0.478 e. The van der Waals surface area contributed by atoms with Crippen molar-refractivity contribution in [1.82, 2.24) is 9.80 Å². The first kappa shape index (κ1) is 30.7. The highest BCUT2D eigenvalue weighted by Gasteiger charge is 2.29. The normalized spacial score (nSPS) is 12.0. The maximum Gasteiger partial charge on any atom is 0.336 e. The summed E-state index contributed by atoms with van der Waals surface area (Å²) < 4.78 is 0. The van der Waals surface area contributed by atoms with Crippen molar-refractivity contribution in [2.45, 2.75) is 25.7 Å². The van der Waals surface area contributed by atoms with Crippen LogP contribution in [0.4, 0.5) is 0 Å². The number of benzene rings is 5. The summed E-state index contributed by atoms with van der Waals surface area (Å²) in [7, 11) is 7.89. The standard InChI is InChI=1S/C34H36N4O6/c1-37(2)15-5-7-17-18(8-6-16-38(3)4)30(32(36)40)29-22(31(35)39)12-9-20-19-10-13-23(33(41)42)27-24(34(43)44)14-11-21(25(19)27)26(17)28(20)29/h9-14H,5-8,15-16H2,1-4H3,(H2,35,39)(H2,36,40)(H,41,42)(H,43,44). The first-order chi connectivity index (χ1) is 20.8. The average Bonchev–Trinajstić information content (AvgIpc) is 2.94. The second-order valence-corrected chi connectivity index (χ2v) is 11.8. The van der Waals surface area contributed by atoms with Gasteiger partial charge in [-0.05, 0) is 129 Å². The Balaban J connectivity index is 2.10. The molecule has 0 aromatic heterocycles. The van der Waals surface area contributed by atoms with Crippen LogP contribution in [0.15, 0.2) is 36.4 Å². The number of carboxylic acid groups (broad SMARTS) is 2. The largest absolute Gasteiger partial charge is 0.478 e. The number of fused-ring (bicyclic) bond motifs is 2. The number of primary amides is 2. The summed E-state index contributed by atoms with van der Waals surface area (Å²) in [5.41, 5.74) is 13.8. The predicted molar refractivity (Wildman–Crippen MR) is 172 cm³/mol. The van der Waals surface area contributed by atoms with E-state index in [9.17, 15) is 29.4 Å². The Hall–Kier alpha value is -4.80. The van der Waals surface area contributed by atoms with Crippen molar-refractivity contribution in [3.8, 4) is 0 Å². The Kier molecular flexibility index (Phi) is 8.15. The molecule has 44 heavy (non-hydrogen) atoms. The van der Waals surface area contributed by atoms with E-state index in [2.05, 4.69) is 4.90 Å². The van der Waals surface area contributed by atoms with Crippen molar-refractivity contribution in [2.75, 3.05) is 41.3 Å². The summed E-state index contributed by atoms with van der Waals surface area (Å²) in [5.74, 6) is -3.85. The monoisotopic (exact) mass is 596 g/mol. The highest BCUT2D eigenvalue weighted by Crippen LogP contribution is 2.47. The summed E-state index contributed by atoms with van der Waals surface area (Å²) >= 11 is 0. The number of aryl methyl sites for hydroxylation is 1. The Morgan fingerprint density at radius 3 is 1.52 bits per heavy atom. The maximum atomic E-state index is 13.4. The van der Waals surface area contributed by atoms with Crippen LogP contribution in [0, 0.1) is 0 Å². The second-order valence-electron chi connectivity index (χ2n) is 11.8. The number of carboxylic acids is 2. The van der Waals surface area contributed by atoms with Crippen LogP contribution in [0.3, 0.4) is 0 Å². The third-order valence-corrected chi connectivity index (χ3v) is 8.43. The molecule has 0 unspecified atom stereocenters. The highest BCUT2D eigenvalue weighted by molar-refractivity contribution is 6.39. The van der Waals surface area contributed by atoms with Gasteiger partial charge < -0.3 is 31.5 Å². The van der Waals surface area contributed by atoms with Crippen LogP contribution < -0.4 is 11.5 Å². The lowest BCUT2D eigenvalue weighted by Crippen LogP contribution is -2.21. The highest BCUT2D eigenvalue weighted by atomic mass is 16.4. The number of hydrogen-bond acceptors (Lipinski definition) is 6. The quantitative estimate of drug-likeness (QED) is 0.122. The van der Waals surface area contributed by atoms with E-state index in [-0.39, 0.29) is 27.6 Å². The van der Waals surface area contributed by atoms with E-state index >= 15 is 0 Å². The molecule has 6 N–H and O–H groups in total. The SMILES string of the molecule is CN(C)CCCc1c(C(N)=O)c2c(C(N)=O)ccc3c4ccc(C(=O)O)c5c(C(=O)O)ccc(c(c1CCCN(C)C)c23)c54. The molecule has 0 spiro atoms. The molecule has 0 saturated carbocycles. The Morgan fingerprint density at radius 1 is 0.568 bits per heavy atom. The fourth-order valence-electron chi connectivity index (χ4n) is 6.71. The number of rotatable bonds is 12. The molecule has 0 radical (unpaired) electrons. The first-order valence-corrected chi connectivity index (χ1v) is 14.5. The van der Waals surface area contributed by atoms with Crippen LogP contribution in [-0.2, 0) is 12.8 Å². The van der Waals surface area contributed by atoms with E-state index in [1.54, 1.807) is 24.3 Å². The molecule has 5 rings (SSSR count). The number of nitrogens with two attached hydrogens (primary N) is 2. The van der Waals surface area contributed by atoms with Gasteiger partial charge in [0.15, 0.2) is 0 Å². The van der Waals surface area contributed by atoms with Gasteiger partial charge in [0.05, 0.1) is 16.7 Å². The van der Waals surface area contributed by atoms with Crippen LogP contribution in [0.5, 0.6) is 0 Å². The molecule has 0 saturated heterocycles. The third kappa shape index (κ3) is 5.06. The van der Waals surface area contributed by atoms with Gasteiger partial charge in [-0.25, -0.2) is 9.59 Å². The molecular weight excluding hydrogens is 560 g/mol. The Labute approximate surface area is 254 Å². The van der Waals surface area contributed by atoms with E-state index in [0.717, 1.165) is 36.0 Å². The topological polar surface area (TPSA) is 167 Å². The van der Waals surface area contributed by atoms with Crippen molar-refractivity contribution in [3.05, 3.63) is 69.8 Å². The van der Waals surface area contributed by atoms with Crippen LogP contribution in [0.25, 0.3) is 43.1 Å². The van der Waals surface area contributed by atoms with Crippen LogP contribution in [0.1, 0.15) is 65.4 Å². The maximum absolute atomic E-state index is 13.4. The van der Waals surface area contributed by atoms with Crippen molar-refractivity contribution < 1.29 is 29.4 Å². The lowest BCUT2D eigenvalue weighted by molar-refractivity contribution is 0.0695. The molecule has 228 valence electrons. The molecule has 0 bridgehead atoms. The van der Waals surface area contributed by atoms with Crippen LogP contribution in [-0.4, -0.2) is 85.0 Å². The number of carbonyl (C=O) groups is 4. The van der Waals surface area contributed by atoms with Gasteiger partial charge in [0.2, 0.25) is 11.8 Å². The number of aromatic carboxylic acids is 2. The fourth-order valence-corrected chi connectivity index (χ4v) is 6.71. The van der Waals surface area contributed by atoms with Crippen LogP contribution in [0.2, 0.25) is 0 Å². The fraction of sp³-hybridized carbons (Fsp3) is 0.294. The molecule has 0 atom stereocenters. The zero-order valence-electron chi connectivity index (χ0n) is 25.3. The Morgan fingerprint density at radius 2 is 1.05 bits per heavy atom. The molecule has 0 aliphatic heterocycles. The molecule has 2 amide bonds. The molecule has 0 aliphatic carbocycles. The third-order valence-electron chi connectivity index (χ3n) is 8.43. The van der Waals surface area contributed by atoms with Gasteiger partial charge in [-0.3, -0.25) is 9.59 Å². The van der Waals surface area contributed by atoms with Crippen molar-refractivity contribution in [3.63, 3.8) is 0 Å². The van der Waals surface area contributed by atoms with Gasteiger partial charge in [-0.15, -0.1) is 0 Å². The summed E-state index contributed by atoms with van der Waals surface area (Å²) in [6.07, 6.45) is 2.51. The molecule has 0 heterocycles. The van der Waals surface area contributed by atoms with E-state index < -0.39 is 23.8 Å². The first-order valence-electron chi connectivity index (χ1n) is 14.5. The Bertz CT molecular complexity index is 1980. The number of amides is 2. The van der Waals surface area contributed by atoms with E-state index in [1.165, 1.54) is 12.1 Å². The smallest absolute Gasteiger partial charge is 0.336 e. The second kappa shape index (κ2) is 11.7. The van der Waals surface area contributed by atoms with E-state index in [0.29, 0.717) is 51.6 Å². The van der Waals surface area contributed by atoms with Gasteiger partial charge >= 0.3 is 11.9 Å². The van der Waals surface area contributed by atoms with Gasteiger partial charge in [-0.2, -0.15) is 0 Å². The van der Waals surface area contributed by atoms with Crippen molar-refractivity contribution >= 4 is 66.8 Å². The van der Waals surface area contributed by atoms with E-state index in [1.807, 2.05) is 33.1 Å². The molecular formula is C34H36N4O6. The predicted octanol–water partition coefficient (Wildman–Crippen LogP) is 4.32. The zero-order valence-corrected chi connectivity index (χ0v) is 25.3. The number of nitrogens with zero attached hydrogens (tertiary/aromatic N) is 2. The summed E-state index contributed by atoms with van der Waals surface area (Å²) in [4.78, 5) is 55.1. The van der Waals surface area contributed by atoms with Gasteiger partial charge in [0.25, 0.3) is 0 Å². The molecule has 5 aromatic rings. The van der Waals surface area contributed by atoms with Crippen molar-refractivity contribution in [1.29, 1.82) is 0 Å². The summed E-state index contributed by atoms with van der Waals surface area (Å²) in [5, 5.41) is 24.5. The summed E-state index contributed by atoms with van der Waals surface area (Å²) in [6.45, 7) is 1.51.